The second-order valence-electron chi connectivity index (χ2n) is 5.05. The number of sulfonamides is 1. The molecule has 4 N–H and O–H groups in total. The molecule has 7 heteroatoms. The SMILES string of the molecule is Cc1c(N)cccc1S(=O)(=O)N1CCC(C(N)=O)CC1. The number of nitrogens with zero attached hydrogens (tertiary/aromatic N) is 1. The second kappa shape index (κ2) is 5.41. The number of hydrogen-bond acceptors (Lipinski definition) is 4. The van der Waals surface area contributed by atoms with Crippen LogP contribution in [0.3, 0.4) is 0 Å². The second-order valence-corrected chi connectivity index (χ2v) is 6.96. The van der Waals surface area contributed by atoms with Crippen LogP contribution < -0.4 is 11.5 Å². The third-order valence-corrected chi connectivity index (χ3v) is 5.84. The largest absolute Gasteiger partial charge is 0.398 e. The normalized spacial score (nSPS) is 18.1. The first kappa shape index (κ1) is 14.8. The molecule has 0 atom stereocenters. The van der Waals surface area contributed by atoms with Crippen LogP contribution in [0.15, 0.2) is 23.1 Å². The van der Waals surface area contributed by atoms with E-state index < -0.39 is 10.0 Å². The van der Waals surface area contributed by atoms with Crippen molar-refractivity contribution in [2.24, 2.45) is 11.7 Å². The average Bonchev–Trinajstić information content (AvgIpc) is 2.41. The quantitative estimate of drug-likeness (QED) is 0.790. The van der Waals surface area contributed by atoms with Crippen molar-refractivity contribution in [2.75, 3.05) is 18.8 Å². The lowest BCUT2D eigenvalue weighted by Crippen LogP contribution is -2.41. The first-order valence-electron chi connectivity index (χ1n) is 6.48. The smallest absolute Gasteiger partial charge is 0.243 e. The maximum Gasteiger partial charge on any atom is 0.243 e. The van der Waals surface area contributed by atoms with E-state index in [9.17, 15) is 13.2 Å². The van der Waals surface area contributed by atoms with Crippen LogP contribution in [0, 0.1) is 12.8 Å². The number of carbonyl (C=O) groups is 1. The number of hydrogen-bond donors (Lipinski definition) is 2. The van der Waals surface area contributed by atoms with Crippen molar-refractivity contribution in [3.8, 4) is 0 Å². The Morgan fingerprint density at radius 3 is 2.45 bits per heavy atom. The summed E-state index contributed by atoms with van der Waals surface area (Å²) in [6.07, 6.45) is 0.936. The molecule has 6 nitrogen and oxygen atoms in total. The number of anilines is 1. The zero-order chi connectivity index (χ0) is 14.9. The highest BCUT2D eigenvalue weighted by Gasteiger charge is 2.32. The number of nitrogen functional groups attached to an aromatic ring is 1. The van der Waals surface area contributed by atoms with E-state index in [0.29, 0.717) is 37.2 Å². The van der Waals surface area contributed by atoms with Gasteiger partial charge in [0.1, 0.15) is 0 Å². The van der Waals surface area contributed by atoms with Gasteiger partial charge >= 0.3 is 0 Å². The van der Waals surface area contributed by atoms with E-state index in [4.69, 9.17) is 11.5 Å². The molecule has 0 saturated carbocycles. The molecule has 0 radical (unpaired) electrons. The minimum atomic E-state index is -3.56. The fourth-order valence-electron chi connectivity index (χ4n) is 2.43. The van der Waals surface area contributed by atoms with Crippen LogP contribution >= 0.6 is 0 Å². The van der Waals surface area contributed by atoms with Crippen LogP contribution in [0.5, 0.6) is 0 Å². The minimum Gasteiger partial charge on any atom is -0.398 e. The maximum absolute atomic E-state index is 12.6. The monoisotopic (exact) mass is 297 g/mol. The summed E-state index contributed by atoms with van der Waals surface area (Å²) in [6.45, 7) is 2.31. The summed E-state index contributed by atoms with van der Waals surface area (Å²) in [5.41, 5.74) is 12.0. The lowest BCUT2D eigenvalue weighted by atomic mass is 9.98. The van der Waals surface area contributed by atoms with Crippen molar-refractivity contribution in [3.05, 3.63) is 23.8 Å². The van der Waals surface area contributed by atoms with E-state index in [1.165, 1.54) is 4.31 Å². The van der Waals surface area contributed by atoms with Gasteiger partial charge < -0.3 is 11.5 Å². The lowest BCUT2D eigenvalue weighted by Gasteiger charge is -2.30. The summed E-state index contributed by atoms with van der Waals surface area (Å²) in [5, 5.41) is 0. The Morgan fingerprint density at radius 2 is 1.90 bits per heavy atom. The molecule has 1 aromatic rings. The minimum absolute atomic E-state index is 0.232. The van der Waals surface area contributed by atoms with Crippen LogP contribution in [0.25, 0.3) is 0 Å². The molecule has 0 aromatic heterocycles. The molecule has 1 amide bonds. The molecule has 20 heavy (non-hydrogen) atoms. The molecule has 2 rings (SSSR count). The summed E-state index contributed by atoms with van der Waals surface area (Å²) >= 11 is 0. The first-order valence-corrected chi connectivity index (χ1v) is 7.92. The number of piperidine rings is 1. The Kier molecular flexibility index (Phi) is 4.01. The van der Waals surface area contributed by atoms with E-state index in [2.05, 4.69) is 0 Å². The van der Waals surface area contributed by atoms with Crippen molar-refractivity contribution in [3.63, 3.8) is 0 Å². The fourth-order valence-corrected chi connectivity index (χ4v) is 4.16. The molecule has 0 bridgehead atoms. The molecule has 1 aliphatic heterocycles. The molecule has 1 saturated heterocycles. The third kappa shape index (κ3) is 2.64. The molecular formula is C13H19N3O3S. The molecule has 1 heterocycles. The van der Waals surface area contributed by atoms with Gasteiger partial charge in [0.05, 0.1) is 4.90 Å². The zero-order valence-corrected chi connectivity index (χ0v) is 12.2. The average molecular weight is 297 g/mol. The summed E-state index contributed by atoms with van der Waals surface area (Å²) in [6, 6.07) is 4.86. The Morgan fingerprint density at radius 1 is 1.30 bits per heavy atom. The highest BCUT2D eigenvalue weighted by atomic mass is 32.2. The Balaban J connectivity index is 2.24. The topological polar surface area (TPSA) is 106 Å². The van der Waals surface area contributed by atoms with Crippen molar-refractivity contribution >= 4 is 21.6 Å². The lowest BCUT2D eigenvalue weighted by molar-refractivity contribution is -0.122. The number of benzene rings is 1. The van der Waals surface area contributed by atoms with Crippen molar-refractivity contribution < 1.29 is 13.2 Å². The molecule has 1 aromatic carbocycles. The third-order valence-electron chi connectivity index (χ3n) is 3.80. The van der Waals surface area contributed by atoms with Gasteiger partial charge in [-0.2, -0.15) is 4.31 Å². The predicted octanol–water partition coefficient (Wildman–Crippen LogP) is 0.463. The highest BCUT2D eigenvalue weighted by Crippen LogP contribution is 2.27. The van der Waals surface area contributed by atoms with Crippen molar-refractivity contribution in [1.29, 1.82) is 0 Å². The molecular weight excluding hydrogens is 278 g/mol. The maximum atomic E-state index is 12.6. The van der Waals surface area contributed by atoms with Gasteiger partial charge in [0.25, 0.3) is 0 Å². The van der Waals surface area contributed by atoms with E-state index in [1.807, 2.05) is 0 Å². The van der Waals surface area contributed by atoms with Crippen LogP contribution in [0.4, 0.5) is 5.69 Å². The van der Waals surface area contributed by atoms with Gasteiger partial charge in [-0.25, -0.2) is 8.42 Å². The van der Waals surface area contributed by atoms with Crippen molar-refractivity contribution in [2.45, 2.75) is 24.7 Å². The van der Waals surface area contributed by atoms with E-state index >= 15 is 0 Å². The molecule has 0 unspecified atom stereocenters. The number of rotatable bonds is 3. The van der Waals surface area contributed by atoms with Crippen LogP contribution in [0.1, 0.15) is 18.4 Å². The predicted molar refractivity (Wildman–Crippen MR) is 76.3 cm³/mol. The number of amides is 1. The van der Waals surface area contributed by atoms with E-state index in [-0.39, 0.29) is 16.7 Å². The Labute approximate surface area is 118 Å². The van der Waals surface area contributed by atoms with E-state index in [0.717, 1.165) is 0 Å². The molecule has 110 valence electrons. The van der Waals surface area contributed by atoms with E-state index in [1.54, 1.807) is 25.1 Å². The number of nitrogens with two attached hydrogens (primary N) is 2. The fraction of sp³-hybridized carbons (Fsp3) is 0.462. The van der Waals surface area contributed by atoms with Gasteiger partial charge in [0.15, 0.2) is 0 Å². The molecule has 0 spiro atoms. The van der Waals surface area contributed by atoms with Gasteiger partial charge in [-0.3, -0.25) is 4.79 Å². The van der Waals surface area contributed by atoms with Crippen LogP contribution in [-0.2, 0) is 14.8 Å². The number of carbonyl (C=O) groups excluding carboxylic acids is 1. The van der Waals surface area contributed by atoms with Gasteiger partial charge in [-0.15, -0.1) is 0 Å². The molecule has 0 aliphatic carbocycles. The standard InChI is InChI=1S/C13H19N3O3S/c1-9-11(14)3-2-4-12(9)20(18,19)16-7-5-10(6-8-16)13(15)17/h2-4,10H,5-8,14H2,1H3,(H2,15,17). The van der Waals surface area contributed by atoms with Gasteiger partial charge in [0.2, 0.25) is 15.9 Å². The Hall–Kier alpha value is -1.60. The van der Waals surface area contributed by atoms with Crippen molar-refractivity contribution in [1.82, 2.24) is 4.31 Å². The number of primary amides is 1. The summed E-state index contributed by atoms with van der Waals surface area (Å²) in [5.74, 6) is -0.592. The van der Waals surface area contributed by atoms with Gasteiger partial charge in [-0.05, 0) is 37.5 Å². The Bertz CT molecular complexity index is 620. The highest BCUT2D eigenvalue weighted by molar-refractivity contribution is 7.89. The van der Waals surface area contributed by atoms with Crippen LogP contribution in [0.2, 0.25) is 0 Å². The summed E-state index contributed by atoms with van der Waals surface area (Å²) in [4.78, 5) is 11.3. The molecule has 1 fully saturated rings. The van der Waals surface area contributed by atoms with Crippen LogP contribution in [-0.4, -0.2) is 31.7 Å². The summed E-state index contributed by atoms with van der Waals surface area (Å²) in [7, 11) is -3.56. The van der Waals surface area contributed by atoms with Gasteiger partial charge in [0, 0.05) is 24.7 Å². The summed E-state index contributed by atoms with van der Waals surface area (Å²) < 4.78 is 26.6. The van der Waals surface area contributed by atoms with Gasteiger partial charge in [-0.1, -0.05) is 6.07 Å². The molecule has 1 aliphatic rings. The zero-order valence-electron chi connectivity index (χ0n) is 11.4. The first-order chi connectivity index (χ1) is 9.34.